The molecule has 0 spiro atoms. The molecular weight excluding hydrogens is 318 g/mol. The van der Waals surface area contributed by atoms with Gasteiger partial charge in [0.25, 0.3) is 0 Å². The van der Waals surface area contributed by atoms with Crippen LogP contribution in [0.25, 0.3) is 17.3 Å². The number of benzene rings is 1. The van der Waals surface area contributed by atoms with Crippen molar-refractivity contribution < 1.29 is 4.79 Å². The van der Waals surface area contributed by atoms with E-state index in [2.05, 4.69) is 29.4 Å². The number of nitrogens with zero attached hydrogens (tertiary/aromatic N) is 2. The van der Waals surface area contributed by atoms with Crippen LogP contribution in [0.5, 0.6) is 0 Å². The molecule has 1 aromatic carbocycles. The first-order chi connectivity index (χ1) is 11.6. The Bertz CT molecular complexity index is 885. The Hall–Kier alpha value is -2.79. The highest BCUT2D eigenvalue weighted by Crippen LogP contribution is 2.33. The fourth-order valence-corrected chi connectivity index (χ4v) is 3.16. The van der Waals surface area contributed by atoms with Crippen LogP contribution < -0.4 is 5.32 Å². The average molecular weight is 335 g/mol. The van der Waals surface area contributed by atoms with Crippen LogP contribution in [-0.2, 0) is 4.79 Å². The summed E-state index contributed by atoms with van der Waals surface area (Å²) in [6.45, 7) is 3.59. The number of nitrogens with one attached hydrogen (secondary N) is 1. The molecule has 0 saturated carbocycles. The van der Waals surface area contributed by atoms with E-state index in [0.29, 0.717) is 0 Å². The van der Waals surface area contributed by atoms with Gasteiger partial charge in [0.1, 0.15) is 0 Å². The number of carbonyl (C=O) groups is 1. The number of aryl methyl sites for hydroxylation is 1. The normalized spacial score (nSPS) is 10.9. The summed E-state index contributed by atoms with van der Waals surface area (Å²) >= 11 is 1.52. The van der Waals surface area contributed by atoms with Crippen LogP contribution in [0.4, 0.5) is 10.8 Å². The smallest absolute Gasteiger partial charge is 0.188 e. The van der Waals surface area contributed by atoms with Crippen LogP contribution >= 0.6 is 11.3 Å². The predicted molar refractivity (Wildman–Crippen MR) is 99.5 cm³/mol. The lowest BCUT2D eigenvalue weighted by molar-refractivity contribution is -0.112. The molecular formula is C19H17N3OS. The highest BCUT2D eigenvalue weighted by Gasteiger charge is 2.11. The first-order valence-corrected chi connectivity index (χ1v) is 8.37. The average Bonchev–Trinajstić information content (AvgIpc) is 2.96. The minimum absolute atomic E-state index is 0.0114. The van der Waals surface area contributed by atoms with Gasteiger partial charge in [-0.1, -0.05) is 23.5 Å². The van der Waals surface area contributed by atoms with Crippen molar-refractivity contribution in [3.63, 3.8) is 0 Å². The third kappa shape index (κ3) is 3.94. The van der Waals surface area contributed by atoms with Crippen molar-refractivity contribution in [1.29, 1.82) is 0 Å². The van der Waals surface area contributed by atoms with Gasteiger partial charge in [0.05, 0.1) is 10.6 Å². The van der Waals surface area contributed by atoms with Crippen molar-refractivity contribution in [2.45, 2.75) is 13.8 Å². The molecule has 0 atom stereocenters. The number of allylic oxidation sites excluding steroid dienone is 1. The number of hydrogen-bond acceptors (Lipinski definition) is 5. The van der Waals surface area contributed by atoms with Crippen molar-refractivity contribution in [2.24, 2.45) is 0 Å². The maximum atomic E-state index is 11.3. The number of thiazole rings is 1. The summed E-state index contributed by atoms with van der Waals surface area (Å²) in [6.07, 6.45) is 6.85. The Morgan fingerprint density at radius 2 is 2.00 bits per heavy atom. The second kappa shape index (κ2) is 7.19. The SMILES string of the molecule is CC(=O)C=Cc1sc(Nc2cccc(C)c2)nc1-c1ccncc1. The molecule has 0 bridgehead atoms. The number of anilines is 2. The number of carbonyl (C=O) groups excluding carboxylic acids is 1. The van der Waals surface area contributed by atoms with Crippen molar-refractivity contribution in [3.05, 3.63) is 65.3 Å². The zero-order valence-electron chi connectivity index (χ0n) is 13.5. The van der Waals surface area contributed by atoms with Gasteiger partial charge in [0, 0.05) is 23.6 Å². The van der Waals surface area contributed by atoms with Gasteiger partial charge in [-0.25, -0.2) is 4.98 Å². The predicted octanol–water partition coefficient (Wildman–Crippen LogP) is 4.86. The van der Waals surface area contributed by atoms with Crippen LogP contribution in [0, 0.1) is 6.92 Å². The molecule has 0 amide bonds. The van der Waals surface area contributed by atoms with Crippen LogP contribution in [-0.4, -0.2) is 15.8 Å². The zero-order valence-corrected chi connectivity index (χ0v) is 14.3. The molecule has 0 aliphatic heterocycles. The summed E-state index contributed by atoms with van der Waals surface area (Å²) in [5.74, 6) is 0.0114. The molecule has 4 nitrogen and oxygen atoms in total. The number of rotatable bonds is 5. The molecule has 0 saturated heterocycles. The first-order valence-electron chi connectivity index (χ1n) is 7.55. The number of ketones is 1. The minimum Gasteiger partial charge on any atom is -0.332 e. The van der Waals surface area contributed by atoms with E-state index >= 15 is 0 Å². The van der Waals surface area contributed by atoms with Gasteiger partial charge in [0.15, 0.2) is 10.9 Å². The van der Waals surface area contributed by atoms with E-state index in [1.165, 1.54) is 23.8 Å². The van der Waals surface area contributed by atoms with Gasteiger partial charge >= 0.3 is 0 Å². The monoisotopic (exact) mass is 335 g/mol. The van der Waals surface area contributed by atoms with Crippen molar-refractivity contribution >= 4 is 34.0 Å². The van der Waals surface area contributed by atoms with Gasteiger partial charge in [0.2, 0.25) is 0 Å². The molecule has 24 heavy (non-hydrogen) atoms. The molecule has 3 aromatic rings. The van der Waals surface area contributed by atoms with E-state index in [9.17, 15) is 4.79 Å². The molecule has 5 heteroatoms. The zero-order chi connectivity index (χ0) is 16.9. The summed E-state index contributed by atoms with van der Waals surface area (Å²) in [7, 11) is 0. The summed E-state index contributed by atoms with van der Waals surface area (Å²) in [5, 5.41) is 4.12. The molecule has 0 radical (unpaired) electrons. The van der Waals surface area contributed by atoms with Gasteiger partial charge in [-0.2, -0.15) is 0 Å². The molecule has 2 heterocycles. The van der Waals surface area contributed by atoms with E-state index in [1.807, 2.05) is 30.3 Å². The first kappa shape index (κ1) is 16.1. The molecule has 1 N–H and O–H groups in total. The minimum atomic E-state index is 0.0114. The fourth-order valence-electron chi connectivity index (χ4n) is 2.25. The van der Waals surface area contributed by atoms with Gasteiger partial charge in [-0.05, 0) is 55.8 Å². The van der Waals surface area contributed by atoms with E-state index < -0.39 is 0 Å². The van der Waals surface area contributed by atoms with Crippen LogP contribution in [0.1, 0.15) is 17.4 Å². The Morgan fingerprint density at radius 3 is 2.71 bits per heavy atom. The van der Waals surface area contributed by atoms with Gasteiger partial charge in [-0.3, -0.25) is 9.78 Å². The highest BCUT2D eigenvalue weighted by atomic mass is 32.1. The third-order valence-corrected chi connectivity index (χ3v) is 4.28. The second-order valence-electron chi connectivity index (χ2n) is 5.41. The lowest BCUT2D eigenvalue weighted by Crippen LogP contribution is -1.90. The second-order valence-corrected chi connectivity index (χ2v) is 6.44. The third-order valence-electron chi connectivity index (χ3n) is 3.35. The lowest BCUT2D eigenvalue weighted by Gasteiger charge is -2.02. The molecule has 3 rings (SSSR count). The van der Waals surface area contributed by atoms with Crippen molar-refractivity contribution in [3.8, 4) is 11.3 Å². The van der Waals surface area contributed by atoms with Crippen LogP contribution in [0.15, 0.2) is 54.9 Å². The fraction of sp³-hybridized carbons (Fsp3) is 0.105. The molecule has 0 unspecified atom stereocenters. The van der Waals surface area contributed by atoms with Crippen molar-refractivity contribution in [1.82, 2.24) is 9.97 Å². The van der Waals surface area contributed by atoms with Gasteiger partial charge in [-0.15, -0.1) is 0 Å². The number of hydrogen-bond donors (Lipinski definition) is 1. The topological polar surface area (TPSA) is 54.9 Å². The number of aromatic nitrogens is 2. The van der Waals surface area contributed by atoms with E-state index in [-0.39, 0.29) is 5.78 Å². The van der Waals surface area contributed by atoms with E-state index in [0.717, 1.165) is 27.0 Å². The van der Waals surface area contributed by atoms with Crippen LogP contribution in [0.2, 0.25) is 0 Å². The lowest BCUT2D eigenvalue weighted by atomic mass is 10.1. The standard InChI is InChI=1S/C19H17N3OS/c1-13-4-3-5-16(12-13)21-19-22-18(15-8-10-20-11-9-15)17(24-19)7-6-14(2)23/h3-12H,1-2H3,(H,21,22). The quantitative estimate of drug-likeness (QED) is 0.677. The summed E-state index contributed by atoms with van der Waals surface area (Å²) < 4.78 is 0. The molecule has 0 aliphatic carbocycles. The summed E-state index contributed by atoms with van der Waals surface area (Å²) in [5.41, 5.74) is 3.99. The Kier molecular flexibility index (Phi) is 4.82. The molecule has 0 fully saturated rings. The number of pyridine rings is 1. The van der Waals surface area contributed by atoms with E-state index in [1.54, 1.807) is 18.5 Å². The van der Waals surface area contributed by atoms with Crippen LogP contribution in [0.3, 0.4) is 0 Å². The largest absolute Gasteiger partial charge is 0.332 e. The molecule has 120 valence electrons. The van der Waals surface area contributed by atoms with Gasteiger partial charge < -0.3 is 5.32 Å². The highest BCUT2D eigenvalue weighted by molar-refractivity contribution is 7.17. The maximum absolute atomic E-state index is 11.3. The Morgan fingerprint density at radius 1 is 1.21 bits per heavy atom. The Labute approximate surface area is 144 Å². The van der Waals surface area contributed by atoms with E-state index in [4.69, 9.17) is 4.98 Å². The summed E-state index contributed by atoms with van der Waals surface area (Å²) in [4.78, 5) is 21.0. The molecule has 0 aliphatic rings. The summed E-state index contributed by atoms with van der Waals surface area (Å²) in [6, 6.07) is 12.0. The Balaban J connectivity index is 1.98. The maximum Gasteiger partial charge on any atom is 0.188 e. The van der Waals surface area contributed by atoms with Crippen molar-refractivity contribution in [2.75, 3.05) is 5.32 Å². The molecule has 2 aromatic heterocycles.